The Morgan fingerprint density at radius 2 is 1.91 bits per heavy atom. The summed E-state index contributed by atoms with van der Waals surface area (Å²) >= 11 is 0. The van der Waals surface area contributed by atoms with Gasteiger partial charge in [-0.1, -0.05) is 48.1 Å². The highest BCUT2D eigenvalue weighted by Crippen LogP contribution is 2.12. The van der Waals surface area contributed by atoms with E-state index in [2.05, 4.69) is 12.1 Å². The standard InChI is InChI=1S/C20H28O3/c1-16(9-8-12-19(22)23-20(2,3)4)15-18(21)14-13-17-10-6-5-7-11-17/h5-12,18,21H,13-15H2,1-4H3/b12-8+,16-9-. The molecule has 126 valence electrons. The number of aliphatic hydroxyl groups is 1. The van der Waals surface area contributed by atoms with Crippen molar-refractivity contribution in [3.63, 3.8) is 0 Å². The van der Waals surface area contributed by atoms with E-state index >= 15 is 0 Å². The predicted molar refractivity (Wildman–Crippen MR) is 94.1 cm³/mol. The van der Waals surface area contributed by atoms with Crippen LogP contribution in [0.25, 0.3) is 0 Å². The highest BCUT2D eigenvalue weighted by atomic mass is 16.6. The van der Waals surface area contributed by atoms with Crippen LogP contribution in [0.15, 0.2) is 54.1 Å². The first-order valence-electron chi connectivity index (χ1n) is 8.05. The van der Waals surface area contributed by atoms with Crippen molar-refractivity contribution >= 4 is 5.97 Å². The summed E-state index contributed by atoms with van der Waals surface area (Å²) in [7, 11) is 0. The van der Waals surface area contributed by atoms with Crippen LogP contribution in [-0.2, 0) is 16.0 Å². The van der Waals surface area contributed by atoms with Crippen LogP contribution in [0, 0.1) is 0 Å². The first kappa shape index (κ1) is 19.2. The topological polar surface area (TPSA) is 46.5 Å². The number of hydrogen-bond donors (Lipinski definition) is 1. The Balaban J connectivity index is 2.36. The second kappa shape index (κ2) is 9.31. The van der Waals surface area contributed by atoms with Gasteiger partial charge < -0.3 is 9.84 Å². The van der Waals surface area contributed by atoms with Crippen LogP contribution < -0.4 is 0 Å². The quantitative estimate of drug-likeness (QED) is 0.465. The lowest BCUT2D eigenvalue weighted by atomic mass is 10.0. The van der Waals surface area contributed by atoms with Gasteiger partial charge in [0.15, 0.2) is 0 Å². The average Bonchev–Trinajstić information content (AvgIpc) is 2.44. The SMILES string of the molecule is C/C(=C/C=C/C(=O)OC(C)(C)C)CC(O)CCc1ccccc1. The fraction of sp³-hybridized carbons (Fsp3) is 0.450. The number of allylic oxidation sites excluding steroid dienone is 2. The fourth-order valence-corrected chi connectivity index (χ4v) is 2.15. The molecule has 1 unspecified atom stereocenters. The minimum absolute atomic E-state index is 0.355. The molecule has 1 N–H and O–H groups in total. The Hall–Kier alpha value is -1.87. The van der Waals surface area contributed by atoms with E-state index in [4.69, 9.17) is 4.74 Å². The maximum Gasteiger partial charge on any atom is 0.331 e. The number of rotatable bonds is 7. The zero-order chi connectivity index (χ0) is 17.3. The molecule has 0 saturated heterocycles. The number of carbonyl (C=O) groups excluding carboxylic acids is 1. The molecule has 0 radical (unpaired) electrons. The average molecular weight is 316 g/mol. The van der Waals surface area contributed by atoms with E-state index in [1.54, 1.807) is 6.08 Å². The summed E-state index contributed by atoms with van der Waals surface area (Å²) in [4.78, 5) is 11.5. The van der Waals surface area contributed by atoms with Crippen LogP contribution in [-0.4, -0.2) is 22.8 Å². The van der Waals surface area contributed by atoms with Crippen molar-refractivity contribution < 1.29 is 14.6 Å². The number of aryl methyl sites for hydroxylation is 1. The molecule has 0 bridgehead atoms. The molecule has 23 heavy (non-hydrogen) atoms. The molecule has 1 aromatic carbocycles. The zero-order valence-electron chi connectivity index (χ0n) is 14.6. The van der Waals surface area contributed by atoms with Crippen molar-refractivity contribution in [3.8, 4) is 0 Å². The third-order valence-corrected chi connectivity index (χ3v) is 3.19. The molecular formula is C20H28O3. The van der Waals surface area contributed by atoms with Gasteiger partial charge >= 0.3 is 5.97 Å². The number of aliphatic hydroxyl groups excluding tert-OH is 1. The molecule has 1 aromatic rings. The van der Waals surface area contributed by atoms with E-state index in [0.29, 0.717) is 6.42 Å². The van der Waals surface area contributed by atoms with Crippen molar-refractivity contribution in [1.29, 1.82) is 0 Å². The van der Waals surface area contributed by atoms with E-state index in [1.807, 2.05) is 52.0 Å². The first-order valence-corrected chi connectivity index (χ1v) is 8.05. The summed E-state index contributed by atoms with van der Waals surface area (Å²) in [6.07, 6.45) is 6.74. The first-order chi connectivity index (χ1) is 10.8. The maximum absolute atomic E-state index is 11.5. The van der Waals surface area contributed by atoms with Crippen molar-refractivity contribution in [3.05, 3.63) is 59.7 Å². The highest BCUT2D eigenvalue weighted by Gasteiger charge is 2.13. The Bertz CT molecular complexity index is 536. The summed E-state index contributed by atoms with van der Waals surface area (Å²) in [5, 5.41) is 10.1. The molecular weight excluding hydrogens is 288 g/mol. The number of ether oxygens (including phenoxy) is 1. The van der Waals surface area contributed by atoms with Crippen LogP contribution >= 0.6 is 0 Å². The molecule has 0 aliphatic heterocycles. The van der Waals surface area contributed by atoms with Crippen LogP contribution in [0.3, 0.4) is 0 Å². The van der Waals surface area contributed by atoms with Gasteiger partial charge in [-0.2, -0.15) is 0 Å². The van der Waals surface area contributed by atoms with Gasteiger partial charge in [0.25, 0.3) is 0 Å². The largest absolute Gasteiger partial charge is 0.457 e. The number of benzene rings is 1. The summed E-state index contributed by atoms with van der Waals surface area (Å²) in [6, 6.07) is 10.1. The molecule has 0 spiro atoms. The molecule has 0 aliphatic carbocycles. The van der Waals surface area contributed by atoms with E-state index in [-0.39, 0.29) is 12.1 Å². The second-order valence-electron chi connectivity index (χ2n) is 6.79. The number of hydrogen-bond acceptors (Lipinski definition) is 3. The maximum atomic E-state index is 11.5. The van der Waals surface area contributed by atoms with Gasteiger partial charge in [-0.15, -0.1) is 0 Å². The van der Waals surface area contributed by atoms with E-state index in [0.717, 1.165) is 18.4 Å². The molecule has 0 aliphatic rings. The molecule has 0 heterocycles. The Labute approximate surface area is 139 Å². The molecule has 1 rings (SSSR count). The highest BCUT2D eigenvalue weighted by molar-refractivity contribution is 5.82. The lowest BCUT2D eigenvalue weighted by Gasteiger charge is -2.17. The Kier molecular flexibility index (Phi) is 7.76. The van der Waals surface area contributed by atoms with Crippen LogP contribution in [0.1, 0.15) is 46.1 Å². The fourth-order valence-electron chi connectivity index (χ4n) is 2.15. The Morgan fingerprint density at radius 3 is 2.52 bits per heavy atom. The minimum atomic E-state index is -0.478. The lowest BCUT2D eigenvalue weighted by molar-refractivity contribution is -0.148. The van der Waals surface area contributed by atoms with Crippen LogP contribution in [0.2, 0.25) is 0 Å². The van der Waals surface area contributed by atoms with E-state index in [9.17, 15) is 9.90 Å². The number of esters is 1. The molecule has 0 fully saturated rings. The molecule has 0 saturated carbocycles. The minimum Gasteiger partial charge on any atom is -0.457 e. The van der Waals surface area contributed by atoms with Crippen molar-refractivity contribution in [1.82, 2.24) is 0 Å². The molecule has 3 heteroatoms. The van der Waals surface area contributed by atoms with Crippen LogP contribution in [0.4, 0.5) is 0 Å². The zero-order valence-corrected chi connectivity index (χ0v) is 14.6. The summed E-state index contributed by atoms with van der Waals surface area (Å²) in [6.45, 7) is 7.46. The number of carbonyl (C=O) groups is 1. The lowest BCUT2D eigenvalue weighted by Crippen LogP contribution is -2.22. The van der Waals surface area contributed by atoms with Gasteiger partial charge in [0, 0.05) is 6.08 Å². The molecule has 0 aromatic heterocycles. The van der Waals surface area contributed by atoms with Crippen molar-refractivity contribution in [2.45, 2.75) is 58.7 Å². The molecule has 0 amide bonds. The van der Waals surface area contributed by atoms with Gasteiger partial charge in [-0.05, 0) is 52.5 Å². The monoisotopic (exact) mass is 316 g/mol. The van der Waals surface area contributed by atoms with Gasteiger partial charge in [0.05, 0.1) is 6.10 Å². The van der Waals surface area contributed by atoms with Crippen LogP contribution in [0.5, 0.6) is 0 Å². The van der Waals surface area contributed by atoms with E-state index in [1.165, 1.54) is 11.6 Å². The van der Waals surface area contributed by atoms with Gasteiger partial charge in [0.2, 0.25) is 0 Å². The summed E-state index contributed by atoms with van der Waals surface area (Å²) < 4.78 is 5.18. The van der Waals surface area contributed by atoms with Crippen molar-refractivity contribution in [2.75, 3.05) is 0 Å². The third kappa shape index (κ3) is 9.69. The molecule has 1 atom stereocenters. The smallest absolute Gasteiger partial charge is 0.331 e. The van der Waals surface area contributed by atoms with Gasteiger partial charge in [-0.25, -0.2) is 4.79 Å². The Morgan fingerprint density at radius 1 is 1.26 bits per heavy atom. The van der Waals surface area contributed by atoms with E-state index < -0.39 is 5.60 Å². The van der Waals surface area contributed by atoms with Gasteiger partial charge in [-0.3, -0.25) is 0 Å². The normalized spacial score (nSPS) is 14.0. The molecule has 3 nitrogen and oxygen atoms in total. The predicted octanol–water partition coefficient (Wildman–Crippen LogP) is 4.21. The second-order valence-corrected chi connectivity index (χ2v) is 6.79. The third-order valence-electron chi connectivity index (χ3n) is 3.19. The summed E-state index contributed by atoms with van der Waals surface area (Å²) in [5.41, 5.74) is 1.79. The van der Waals surface area contributed by atoms with Crippen molar-refractivity contribution in [2.24, 2.45) is 0 Å². The summed E-state index contributed by atoms with van der Waals surface area (Å²) in [5.74, 6) is -0.355. The van der Waals surface area contributed by atoms with Gasteiger partial charge in [0.1, 0.15) is 5.60 Å².